The van der Waals surface area contributed by atoms with Gasteiger partial charge in [0.25, 0.3) is 5.91 Å². The van der Waals surface area contributed by atoms with Crippen LogP contribution in [-0.2, 0) is 10.0 Å². The third-order valence-electron chi connectivity index (χ3n) is 5.49. The minimum Gasteiger partial charge on any atom is -0.352 e. The molecule has 0 spiro atoms. The Hall–Kier alpha value is -1.44. The lowest BCUT2D eigenvalue weighted by Gasteiger charge is -2.33. The summed E-state index contributed by atoms with van der Waals surface area (Å²) in [7, 11) is -0.588. The number of nitrogens with one attached hydrogen (secondary N) is 1. The summed E-state index contributed by atoms with van der Waals surface area (Å²) in [5.41, 5.74) is 1.87. The quantitative estimate of drug-likeness (QED) is 0.721. The van der Waals surface area contributed by atoms with Gasteiger partial charge in [-0.05, 0) is 69.8 Å². The zero-order valence-corrected chi connectivity index (χ0v) is 18.0. The van der Waals surface area contributed by atoms with Crippen molar-refractivity contribution in [3.63, 3.8) is 0 Å². The van der Waals surface area contributed by atoms with Gasteiger partial charge >= 0.3 is 0 Å². The van der Waals surface area contributed by atoms with Gasteiger partial charge in [0.2, 0.25) is 10.0 Å². The number of nitrogens with zero attached hydrogens (tertiary/aromatic N) is 2. The summed E-state index contributed by atoms with van der Waals surface area (Å²) in [5, 5.41) is 2.93. The summed E-state index contributed by atoms with van der Waals surface area (Å²) in [4.78, 5) is 15.2. The van der Waals surface area contributed by atoms with Gasteiger partial charge in [-0.15, -0.1) is 0 Å². The van der Waals surface area contributed by atoms with Crippen molar-refractivity contribution < 1.29 is 13.2 Å². The summed E-state index contributed by atoms with van der Waals surface area (Å²) < 4.78 is 26.2. The number of aryl methyl sites for hydroxylation is 1. The van der Waals surface area contributed by atoms with Gasteiger partial charge in [-0.2, -0.15) is 0 Å². The number of amides is 1. The van der Waals surface area contributed by atoms with Gasteiger partial charge in [0.05, 0.1) is 4.90 Å². The second-order valence-corrected chi connectivity index (χ2v) is 9.81. The van der Waals surface area contributed by atoms with Crippen LogP contribution in [0.15, 0.2) is 17.0 Å². The fourth-order valence-corrected chi connectivity index (χ4v) is 4.72. The molecule has 27 heavy (non-hydrogen) atoms. The minimum atomic E-state index is -3.59. The molecule has 0 radical (unpaired) electrons. The maximum atomic E-state index is 12.5. The van der Waals surface area contributed by atoms with E-state index in [9.17, 15) is 13.2 Å². The Bertz CT molecular complexity index is 775. The van der Waals surface area contributed by atoms with Crippen LogP contribution in [0, 0.1) is 13.8 Å². The van der Waals surface area contributed by atoms with Crippen molar-refractivity contribution in [2.45, 2.75) is 57.4 Å². The van der Waals surface area contributed by atoms with Crippen molar-refractivity contribution in [1.29, 1.82) is 0 Å². The summed E-state index contributed by atoms with van der Waals surface area (Å²) >= 11 is 0. The van der Waals surface area contributed by atoms with Gasteiger partial charge in [-0.3, -0.25) is 4.79 Å². The van der Waals surface area contributed by atoms with Crippen molar-refractivity contribution in [2.24, 2.45) is 0 Å². The maximum Gasteiger partial charge on any atom is 0.251 e. The van der Waals surface area contributed by atoms with E-state index in [1.165, 1.54) is 43.7 Å². The van der Waals surface area contributed by atoms with Gasteiger partial charge in [0.1, 0.15) is 0 Å². The Morgan fingerprint density at radius 1 is 1.26 bits per heavy atom. The molecule has 6 nitrogen and oxygen atoms in total. The number of rotatable bonds is 7. The molecule has 0 aliphatic carbocycles. The first-order valence-corrected chi connectivity index (χ1v) is 11.1. The SMILES string of the molecule is Cc1cc(C(=O)NCCCN2CCCCC2C)cc(S(=O)(=O)N(C)C)c1C. The molecule has 0 saturated carbocycles. The summed E-state index contributed by atoms with van der Waals surface area (Å²) in [6.07, 6.45) is 4.70. The van der Waals surface area contributed by atoms with E-state index in [2.05, 4.69) is 17.1 Å². The second-order valence-electron chi connectivity index (χ2n) is 7.69. The predicted molar refractivity (Wildman–Crippen MR) is 109 cm³/mol. The number of hydrogen-bond donors (Lipinski definition) is 1. The first-order valence-electron chi connectivity index (χ1n) is 9.70. The largest absolute Gasteiger partial charge is 0.352 e. The summed E-state index contributed by atoms with van der Waals surface area (Å²) in [6.45, 7) is 8.57. The van der Waals surface area contributed by atoms with Crippen molar-refractivity contribution in [3.8, 4) is 0 Å². The molecule has 152 valence electrons. The molecule has 1 aromatic rings. The van der Waals surface area contributed by atoms with Gasteiger partial charge in [-0.1, -0.05) is 6.42 Å². The number of carbonyl (C=O) groups is 1. The van der Waals surface area contributed by atoms with Crippen molar-refractivity contribution >= 4 is 15.9 Å². The Balaban J connectivity index is 2.01. The number of hydrogen-bond acceptors (Lipinski definition) is 4. The van der Waals surface area contributed by atoms with Crippen LogP contribution in [0.4, 0.5) is 0 Å². The molecule has 7 heteroatoms. The Morgan fingerprint density at radius 3 is 2.59 bits per heavy atom. The molecular weight excluding hydrogens is 362 g/mol. The molecule has 2 rings (SSSR count). The minimum absolute atomic E-state index is 0.194. The van der Waals surface area contributed by atoms with E-state index in [1.54, 1.807) is 13.0 Å². The molecule has 1 fully saturated rings. The molecule has 1 amide bonds. The lowest BCUT2D eigenvalue weighted by Crippen LogP contribution is -2.39. The average molecular weight is 396 g/mol. The van der Waals surface area contributed by atoms with Crippen LogP contribution in [0.5, 0.6) is 0 Å². The van der Waals surface area contributed by atoms with Crippen LogP contribution in [0.2, 0.25) is 0 Å². The Morgan fingerprint density at radius 2 is 1.96 bits per heavy atom. The molecule has 1 heterocycles. The molecule has 1 N–H and O–H groups in total. The Kier molecular flexibility index (Phi) is 7.42. The molecule has 1 unspecified atom stereocenters. The van der Waals surface area contributed by atoms with E-state index in [4.69, 9.17) is 0 Å². The van der Waals surface area contributed by atoms with Crippen LogP contribution >= 0.6 is 0 Å². The third kappa shape index (κ3) is 5.30. The summed E-state index contributed by atoms with van der Waals surface area (Å²) in [6, 6.07) is 3.86. The van der Waals surface area contributed by atoms with Gasteiger partial charge in [0, 0.05) is 38.8 Å². The Labute approximate surface area is 164 Å². The fraction of sp³-hybridized carbons (Fsp3) is 0.650. The molecule has 1 aliphatic heterocycles. The van der Waals surface area contributed by atoms with Crippen LogP contribution in [0.3, 0.4) is 0 Å². The molecule has 1 aromatic carbocycles. The highest BCUT2D eigenvalue weighted by Crippen LogP contribution is 2.23. The van der Waals surface area contributed by atoms with E-state index in [-0.39, 0.29) is 10.8 Å². The lowest BCUT2D eigenvalue weighted by atomic mass is 10.0. The molecule has 1 aliphatic rings. The molecular formula is C20H33N3O3S. The molecule has 0 aromatic heterocycles. The van der Waals surface area contributed by atoms with E-state index in [0.717, 1.165) is 25.1 Å². The molecule has 1 atom stereocenters. The monoisotopic (exact) mass is 395 g/mol. The van der Waals surface area contributed by atoms with E-state index in [1.807, 2.05) is 6.92 Å². The van der Waals surface area contributed by atoms with E-state index in [0.29, 0.717) is 23.7 Å². The van der Waals surface area contributed by atoms with Crippen LogP contribution in [-0.4, -0.2) is 63.3 Å². The second kappa shape index (κ2) is 9.17. The zero-order valence-electron chi connectivity index (χ0n) is 17.2. The zero-order chi connectivity index (χ0) is 20.2. The highest BCUT2D eigenvalue weighted by molar-refractivity contribution is 7.89. The van der Waals surface area contributed by atoms with Crippen LogP contribution in [0.25, 0.3) is 0 Å². The van der Waals surface area contributed by atoms with Crippen molar-refractivity contribution in [2.75, 3.05) is 33.7 Å². The first kappa shape index (κ1) is 21.9. The first-order chi connectivity index (χ1) is 12.6. The highest BCUT2D eigenvalue weighted by Gasteiger charge is 2.23. The number of sulfonamides is 1. The fourth-order valence-electron chi connectivity index (χ4n) is 3.50. The number of carbonyl (C=O) groups excluding carboxylic acids is 1. The predicted octanol–water partition coefficient (Wildman–Crippen LogP) is 2.55. The third-order valence-corrected chi connectivity index (χ3v) is 7.43. The van der Waals surface area contributed by atoms with E-state index < -0.39 is 10.0 Å². The normalized spacial score (nSPS) is 18.7. The summed E-state index contributed by atoms with van der Waals surface area (Å²) in [5.74, 6) is -0.222. The lowest BCUT2D eigenvalue weighted by molar-refractivity contribution is 0.0948. The molecule has 0 bridgehead atoms. The van der Waals surface area contributed by atoms with Crippen molar-refractivity contribution in [3.05, 3.63) is 28.8 Å². The standard InChI is InChI=1S/C20H33N3O3S/c1-15-13-18(14-19(17(15)3)27(25,26)22(4)5)20(24)21-10-8-12-23-11-7-6-9-16(23)2/h13-14,16H,6-12H2,1-5H3,(H,21,24). The average Bonchev–Trinajstić information content (AvgIpc) is 2.61. The highest BCUT2D eigenvalue weighted by atomic mass is 32.2. The molecule has 1 saturated heterocycles. The maximum absolute atomic E-state index is 12.5. The van der Waals surface area contributed by atoms with E-state index >= 15 is 0 Å². The van der Waals surface area contributed by atoms with Crippen molar-refractivity contribution in [1.82, 2.24) is 14.5 Å². The number of benzene rings is 1. The smallest absolute Gasteiger partial charge is 0.251 e. The van der Waals surface area contributed by atoms with Crippen LogP contribution < -0.4 is 5.32 Å². The van der Waals surface area contributed by atoms with Gasteiger partial charge in [-0.25, -0.2) is 12.7 Å². The number of likely N-dealkylation sites (tertiary alicyclic amines) is 1. The van der Waals surface area contributed by atoms with Gasteiger partial charge < -0.3 is 10.2 Å². The topological polar surface area (TPSA) is 69.7 Å². The number of piperidine rings is 1. The van der Waals surface area contributed by atoms with Gasteiger partial charge in [0.15, 0.2) is 0 Å². The van der Waals surface area contributed by atoms with Crippen LogP contribution in [0.1, 0.15) is 54.1 Å².